The number of aryl methyl sites for hydroxylation is 1. The van der Waals surface area contributed by atoms with Crippen LogP contribution in [0.1, 0.15) is 12.7 Å². The molecule has 18 heavy (non-hydrogen) atoms. The smallest absolute Gasteiger partial charge is 0.140 e. The second kappa shape index (κ2) is 5.14. The molecule has 1 saturated heterocycles. The van der Waals surface area contributed by atoms with Gasteiger partial charge in [0.2, 0.25) is 0 Å². The predicted octanol–water partition coefficient (Wildman–Crippen LogP) is 2.75. The minimum atomic E-state index is 0.889. The molecular weight excluding hydrogens is 242 g/mol. The quantitative estimate of drug-likeness (QED) is 0.829. The summed E-state index contributed by atoms with van der Waals surface area (Å²) in [4.78, 5) is 11.8. The summed E-state index contributed by atoms with van der Waals surface area (Å²) in [7, 11) is 0. The fraction of sp³-hybridized carbons (Fsp3) is 0.429. The van der Waals surface area contributed by atoms with Crippen LogP contribution in [0.25, 0.3) is 10.9 Å². The van der Waals surface area contributed by atoms with Crippen LogP contribution in [0.3, 0.4) is 0 Å². The highest BCUT2D eigenvalue weighted by atomic mass is 32.2. The molecule has 1 fully saturated rings. The molecule has 0 aliphatic carbocycles. The number of thioether (sulfide) groups is 1. The van der Waals surface area contributed by atoms with E-state index in [-0.39, 0.29) is 0 Å². The Hall–Kier alpha value is -1.29. The topological polar surface area (TPSA) is 29.0 Å². The number of fused-ring (bicyclic) bond motifs is 1. The van der Waals surface area contributed by atoms with Crippen molar-refractivity contribution in [3.8, 4) is 0 Å². The van der Waals surface area contributed by atoms with Crippen LogP contribution in [-0.4, -0.2) is 34.6 Å². The zero-order valence-corrected chi connectivity index (χ0v) is 11.4. The van der Waals surface area contributed by atoms with Crippen molar-refractivity contribution in [1.29, 1.82) is 0 Å². The molecule has 0 unspecified atom stereocenters. The van der Waals surface area contributed by atoms with E-state index in [1.807, 2.05) is 17.8 Å². The molecule has 0 N–H and O–H groups in total. The maximum atomic E-state index is 4.75. The molecule has 0 saturated carbocycles. The lowest BCUT2D eigenvalue weighted by molar-refractivity contribution is 0.827. The molecule has 0 spiro atoms. The first-order valence-corrected chi connectivity index (χ1v) is 7.62. The van der Waals surface area contributed by atoms with Crippen LogP contribution in [0.4, 0.5) is 5.82 Å². The van der Waals surface area contributed by atoms with Gasteiger partial charge in [0.15, 0.2) is 0 Å². The molecule has 3 rings (SSSR count). The Balaban J connectivity index is 2.12. The largest absolute Gasteiger partial charge is 0.354 e. The van der Waals surface area contributed by atoms with Crippen LogP contribution in [0.5, 0.6) is 0 Å². The summed E-state index contributed by atoms with van der Waals surface area (Å²) in [5.41, 5.74) is 1.07. The second-order valence-corrected chi connectivity index (χ2v) is 5.66. The molecule has 3 nitrogen and oxygen atoms in total. The molecule has 0 bridgehead atoms. The van der Waals surface area contributed by atoms with Crippen molar-refractivity contribution in [3.63, 3.8) is 0 Å². The maximum absolute atomic E-state index is 4.75. The first-order chi connectivity index (χ1) is 8.88. The van der Waals surface area contributed by atoms with Gasteiger partial charge >= 0.3 is 0 Å². The molecule has 0 amide bonds. The van der Waals surface area contributed by atoms with Gasteiger partial charge in [0.25, 0.3) is 0 Å². The SMILES string of the molecule is CCc1nc(N2CCSCC2)c2ccccc2n1. The van der Waals surface area contributed by atoms with Crippen molar-refractivity contribution in [2.24, 2.45) is 0 Å². The first kappa shape index (κ1) is 11.8. The van der Waals surface area contributed by atoms with E-state index in [0.717, 1.165) is 36.7 Å². The Morgan fingerprint density at radius 2 is 1.94 bits per heavy atom. The summed E-state index contributed by atoms with van der Waals surface area (Å²) in [5, 5.41) is 1.18. The fourth-order valence-corrected chi connectivity index (χ4v) is 3.18. The highest BCUT2D eigenvalue weighted by Crippen LogP contribution is 2.26. The minimum absolute atomic E-state index is 0.889. The zero-order valence-electron chi connectivity index (χ0n) is 10.6. The summed E-state index contributed by atoms with van der Waals surface area (Å²) >= 11 is 2.02. The van der Waals surface area contributed by atoms with Gasteiger partial charge < -0.3 is 4.90 Å². The second-order valence-electron chi connectivity index (χ2n) is 4.43. The molecule has 4 heteroatoms. The average Bonchev–Trinajstić information content (AvgIpc) is 2.47. The first-order valence-electron chi connectivity index (χ1n) is 6.47. The minimum Gasteiger partial charge on any atom is -0.354 e. The van der Waals surface area contributed by atoms with Gasteiger partial charge in [-0.3, -0.25) is 0 Å². The molecule has 2 aromatic rings. The molecule has 0 radical (unpaired) electrons. The van der Waals surface area contributed by atoms with E-state index < -0.39 is 0 Å². The van der Waals surface area contributed by atoms with Crippen LogP contribution < -0.4 is 4.90 Å². The van der Waals surface area contributed by atoms with Crippen LogP contribution >= 0.6 is 11.8 Å². The monoisotopic (exact) mass is 259 g/mol. The van der Waals surface area contributed by atoms with Crippen molar-refractivity contribution in [3.05, 3.63) is 30.1 Å². The summed E-state index contributed by atoms with van der Waals surface area (Å²) in [6, 6.07) is 8.33. The number of aromatic nitrogens is 2. The van der Waals surface area contributed by atoms with Crippen LogP contribution in [0, 0.1) is 0 Å². The number of nitrogens with zero attached hydrogens (tertiary/aromatic N) is 3. The number of para-hydroxylation sites is 1. The fourth-order valence-electron chi connectivity index (χ4n) is 2.28. The summed E-state index contributed by atoms with van der Waals surface area (Å²) in [6.07, 6.45) is 0.889. The molecule has 94 valence electrons. The van der Waals surface area contributed by atoms with E-state index in [9.17, 15) is 0 Å². The maximum Gasteiger partial charge on any atom is 0.140 e. The number of anilines is 1. The predicted molar refractivity (Wildman–Crippen MR) is 78.5 cm³/mol. The van der Waals surface area contributed by atoms with Gasteiger partial charge in [-0.1, -0.05) is 19.1 Å². The highest BCUT2D eigenvalue weighted by Gasteiger charge is 2.16. The lowest BCUT2D eigenvalue weighted by atomic mass is 10.2. The van der Waals surface area contributed by atoms with Gasteiger partial charge in [-0.05, 0) is 12.1 Å². The molecular formula is C14H17N3S. The Morgan fingerprint density at radius 1 is 1.17 bits per heavy atom. The molecule has 1 aliphatic rings. The zero-order chi connectivity index (χ0) is 12.4. The van der Waals surface area contributed by atoms with Crippen LogP contribution in [-0.2, 0) is 6.42 Å². The third-order valence-corrected chi connectivity index (χ3v) is 4.20. The van der Waals surface area contributed by atoms with E-state index in [4.69, 9.17) is 4.98 Å². The number of benzene rings is 1. The molecule has 1 aliphatic heterocycles. The summed E-state index contributed by atoms with van der Waals surface area (Å²) in [6.45, 7) is 4.30. The van der Waals surface area contributed by atoms with Crippen molar-refractivity contribution in [2.45, 2.75) is 13.3 Å². The van der Waals surface area contributed by atoms with E-state index in [0.29, 0.717) is 0 Å². The molecule has 2 heterocycles. The van der Waals surface area contributed by atoms with Gasteiger partial charge in [-0.25, -0.2) is 9.97 Å². The number of hydrogen-bond acceptors (Lipinski definition) is 4. The molecule has 1 aromatic carbocycles. The van der Waals surface area contributed by atoms with Crippen LogP contribution in [0.15, 0.2) is 24.3 Å². The standard InChI is InChI=1S/C14H17N3S/c1-2-13-15-12-6-4-3-5-11(12)14(16-13)17-7-9-18-10-8-17/h3-6H,2,7-10H2,1H3. The van der Waals surface area contributed by atoms with Gasteiger partial charge in [0.1, 0.15) is 11.6 Å². The average molecular weight is 259 g/mol. The Bertz CT molecular complexity index is 550. The van der Waals surface area contributed by atoms with Crippen LogP contribution in [0.2, 0.25) is 0 Å². The highest BCUT2D eigenvalue weighted by molar-refractivity contribution is 7.99. The van der Waals surface area contributed by atoms with Gasteiger partial charge in [0.05, 0.1) is 5.52 Å². The Morgan fingerprint density at radius 3 is 2.72 bits per heavy atom. The van der Waals surface area contributed by atoms with Crippen molar-refractivity contribution >= 4 is 28.5 Å². The third kappa shape index (κ3) is 2.17. The van der Waals surface area contributed by atoms with E-state index in [2.05, 4.69) is 35.0 Å². The third-order valence-electron chi connectivity index (χ3n) is 3.26. The van der Waals surface area contributed by atoms with Gasteiger partial charge in [0, 0.05) is 36.4 Å². The molecule has 1 aromatic heterocycles. The van der Waals surface area contributed by atoms with Crippen molar-refractivity contribution < 1.29 is 0 Å². The van der Waals surface area contributed by atoms with E-state index in [1.165, 1.54) is 16.9 Å². The number of rotatable bonds is 2. The Labute approximate surface area is 112 Å². The number of hydrogen-bond donors (Lipinski definition) is 0. The lowest BCUT2D eigenvalue weighted by Crippen LogP contribution is -2.33. The summed E-state index contributed by atoms with van der Waals surface area (Å²) in [5.74, 6) is 4.46. The summed E-state index contributed by atoms with van der Waals surface area (Å²) < 4.78 is 0. The van der Waals surface area contributed by atoms with Gasteiger partial charge in [-0.15, -0.1) is 0 Å². The van der Waals surface area contributed by atoms with Crippen molar-refractivity contribution in [2.75, 3.05) is 29.5 Å². The van der Waals surface area contributed by atoms with E-state index >= 15 is 0 Å². The lowest BCUT2D eigenvalue weighted by Gasteiger charge is -2.28. The molecule has 0 atom stereocenters. The van der Waals surface area contributed by atoms with E-state index in [1.54, 1.807) is 0 Å². The Kier molecular flexibility index (Phi) is 3.37. The van der Waals surface area contributed by atoms with Crippen molar-refractivity contribution in [1.82, 2.24) is 9.97 Å². The normalized spacial score (nSPS) is 16.2. The van der Waals surface area contributed by atoms with Gasteiger partial charge in [-0.2, -0.15) is 11.8 Å².